The maximum absolute atomic E-state index is 10.2. The molecule has 0 saturated heterocycles. The number of amides is 2. The van der Waals surface area contributed by atoms with E-state index in [0.717, 1.165) is 0 Å². The first kappa shape index (κ1) is 7.26. The molecule has 0 fully saturated rings. The van der Waals surface area contributed by atoms with Gasteiger partial charge in [-0.15, -0.1) is 0 Å². The van der Waals surface area contributed by atoms with Gasteiger partial charge in [0.25, 0.3) is 0 Å². The Morgan fingerprint density at radius 3 is 3.00 bits per heavy atom. The number of nitrogens with two attached hydrogens (primary N) is 1. The van der Waals surface area contributed by atoms with Crippen molar-refractivity contribution in [3.63, 3.8) is 0 Å². The van der Waals surface area contributed by atoms with Crippen LogP contribution in [-0.2, 0) is 0 Å². The molecular weight excluding hydrogens is 146 g/mol. The average Bonchev–Trinajstić information content (AvgIpc) is 2.03. The molecule has 0 bridgehead atoms. The van der Waals surface area contributed by atoms with Gasteiger partial charge in [0, 0.05) is 12.3 Å². The van der Waals surface area contributed by atoms with Crippen molar-refractivity contribution in [3.8, 4) is 0 Å². The first-order chi connectivity index (χ1) is 5.29. The average molecular weight is 153 g/mol. The molecule has 1 rings (SSSR count). The molecule has 0 aliphatic carbocycles. The Morgan fingerprint density at radius 2 is 2.45 bits per heavy atom. The number of hydrogen-bond acceptors (Lipinski definition) is 4. The Balaban J connectivity index is 2.45. The van der Waals surface area contributed by atoms with Crippen molar-refractivity contribution in [2.75, 3.05) is 5.43 Å². The Kier molecular flexibility index (Phi) is 2.21. The summed E-state index contributed by atoms with van der Waals surface area (Å²) in [5, 5.41) is 0. The summed E-state index contributed by atoms with van der Waals surface area (Å²) in [6.45, 7) is 0. The third kappa shape index (κ3) is 2.48. The highest BCUT2D eigenvalue weighted by molar-refractivity contribution is 5.72. The third-order valence-corrected chi connectivity index (χ3v) is 0.896. The number of aromatic nitrogens is 2. The van der Waals surface area contributed by atoms with E-state index in [1.165, 1.54) is 12.5 Å². The smallest absolute Gasteiger partial charge is 0.330 e. The zero-order valence-electron chi connectivity index (χ0n) is 5.61. The second kappa shape index (κ2) is 3.35. The number of hydrogen-bond donors (Lipinski definition) is 3. The summed E-state index contributed by atoms with van der Waals surface area (Å²) in [5.41, 5.74) is 9.41. The number of nitrogens with one attached hydrogen (secondary N) is 2. The molecule has 0 aliphatic heterocycles. The van der Waals surface area contributed by atoms with Crippen molar-refractivity contribution >= 4 is 11.8 Å². The van der Waals surface area contributed by atoms with Gasteiger partial charge in [-0.2, -0.15) is 0 Å². The topological polar surface area (TPSA) is 92.9 Å². The minimum absolute atomic E-state index is 0.485. The number of primary amides is 1. The zero-order chi connectivity index (χ0) is 8.10. The maximum atomic E-state index is 10.2. The highest BCUT2D eigenvalue weighted by Gasteiger charge is 1.91. The van der Waals surface area contributed by atoms with Crippen LogP contribution in [0.4, 0.5) is 10.6 Å². The fraction of sp³-hybridized carbons (Fsp3) is 0. The van der Waals surface area contributed by atoms with Crippen LogP contribution in [0, 0.1) is 0 Å². The van der Waals surface area contributed by atoms with Crippen LogP contribution in [-0.4, -0.2) is 16.0 Å². The van der Waals surface area contributed by atoms with Crippen molar-refractivity contribution in [1.82, 2.24) is 15.4 Å². The molecule has 6 nitrogen and oxygen atoms in total. The number of rotatable bonds is 2. The molecule has 1 aromatic heterocycles. The number of urea groups is 1. The predicted octanol–water partition coefficient (Wildman–Crippen LogP) is -0.528. The summed E-state index contributed by atoms with van der Waals surface area (Å²) in [7, 11) is 0. The van der Waals surface area contributed by atoms with E-state index in [4.69, 9.17) is 5.73 Å². The lowest BCUT2D eigenvalue weighted by Gasteiger charge is -2.02. The molecule has 6 heteroatoms. The summed E-state index contributed by atoms with van der Waals surface area (Å²) in [6.07, 6.45) is 2.89. The minimum Gasteiger partial charge on any atom is -0.350 e. The maximum Gasteiger partial charge on any atom is 0.330 e. The number of carbonyl (C=O) groups is 1. The molecule has 0 radical (unpaired) electrons. The van der Waals surface area contributed by atoms with Gasteiger partial charge in [0.2, 0.25) is 0 Å². The van der Waals surface area contributed by atoms with E-state index in [1.807, 2.05) is 0 Å². The fourth-order valence-corrected chi connectivity index (χ4v) is 0.490. The van der Waals surface area contributed by atoms with Gasteiger partial charge in [-0.1, -0.05) is 0 Å². The molecule has 1 aromatic rings. The minimum atomic E-state index is -0.663. The predicted molar refractivity (Wildman–Crippen MR) is 38.4 cm³/mol. The summed E-state index contributed by atoms with van der Waals surface area (Å²) in [5.74, 6) is 0.485. The Hall–Kier alpha value is -1.85. The second-order valence-electron chi connectivity index (χ2n) is 1.71. The molecule has 4 N–H and O–H groups in total. The van der Waals surface area contributed by atoms with Gasteiger partial charge < -0.3 is 5.73 Å². The molecular formula is C5H7N5O. The van der Waals surface area contributed by atoms with Crippen LogP contribution in [0.2, 0.25) is 0 Å². The Labute approximate surface area is 62.8 Å². The Morgan fingerprint density at radius 1 is 1.64 bits per heavy atom. The van der Waals surface area contributed by atoms with E-state index in [-0.39, 0.29) is 0 Å². The zero-order valence-corrected chi connectivity index (χ0v) is 5.61. The quantitative estimate of drug-likeness (QED) is 0.498. The number of hydrazine groups is 1. The first-order valence-corrected chi connectivity index (χ1v) is 2.86. The lowest BCUT2D eigenvalue weighted by Crippen LogP contribution is -2.34. The van der Waals surface area contributed by atoms with E-state index in [9.17, 15) is 4.79 Å². The van der Waals surface area contributed by atoms with Crippen molar-refractivity contribution in [1.29, 1.82) is 0 Å². The molecule has 0 aromatic carbocycles. The van der Waals surface area contributed by atoms with Crippen molar-refractivity contribution in [2.24, 2.45) is 5.73 Å². The standard InChI is InChI=1S/C5H7N5O/c6-5(11)10-9-4-1-2-7-3-8-4/h1-3H,(H3,6,10,11)(H,7,8,9). The van der Waals surface area contributed by atoms with E-state index in [2.05, 4.69) is 20.8 Å². The molecule has 1 heterocycles. The van der Waals surface area contributed by atoms with Crippen molar-refractivity contribution in [2.45, 2.75) is 0 Å². The van der Waals surface area contributed by atoms with Gasteiger partial charge in [0.1, 0.15) is 12.1 Å². The number of nitrogens with zero attached hydrogens (tertiary/aromatic N) is 2. The van der Waals surface area contributed by atoms with Gasteiger partial charge in [0.05, 0.1) is 0 Å². The van der Waals surface area contributed by atoms with E-state index in [1.54, 1.807) is 6.07 Å². The lowest BCUT2D eigenvalue weighted by atomic mass is 10.6. The largest absolute Gasteiger partial charge is 0.350 e. The van der Waals surface area contributed by atoms with Crippen LogP contribution in [0.3, 0.4) is 0 Å². The van der Waals surface area contributed by atoms with E-state index >= 15 is 0 Å². The molecule has 0 saturated carbocycles. The summed E-state index contributed by atoms with van der Waals surface area (Å²) in [6, 6.07) is 0.930. The third-order valence-electron chi connectivity index (χ3n) is 0.896. The van der Waals surface area contributed by atoms with Crippen molar-refractivity contribution in [3.05, 3.63) is 18.6 Å². The summed E-state index contributed by atoms with van der Waals surface area (Å²) >= 11 is 0. The molecule has 0 spiro atoms. The fourth-order valence-electron chi connectivity index (χ4n) is 0.490. The number of carbonyl (C=O) groups excluding carboxylic acids is 1. The molecule has 2 amide bonds. The van der Waals surface area contributed by atoms with E-state index in [0.29, 0.717) is 5.82 Å². The van der Waals surface area contributed by atoms with Crippen LogP contribution in [0.15, 0.2) is 18.6 Å². The SMILES string of the molecule is NC(=O)NNc1ccncn1. The molecule has 0 atom stereocenters. The van der Waals surface area contributed by atoms with Gasteiger partial charge in [-0.25, -0.2) is 14.8 Å². The highest BCUT2D eigenvalue weighted by Crippen LogP contribution is 1.93. The first-order valence-electron chi connectivity index (χ1n) is 2.86. The van der Waals surface area contributed by atoms with Crippen LogP contribution in [0.25, 0.3) is 0 Å². The highest BCUT2D eigenvalue weighted by atomic mass is 16.2. The van der Waals surface area contributed by atoms with Gasteiger partial charge in [0.15, 0.2) is 0 Å². The second-order valence-corrected chi connectivity index (χ2v) is 1.71. The van der Waals surface area contributed by atoms with Crippen LogP contribution < -0.4 is 16.6 Å². The Bertz CT molecular complexity index is 236. The number of anilines is 1. The normalized spacial score (nSPS) is 8.73. The summed E-state index contributed by atoms with van der Waals surface area (Å²) in [4.78, 5) is 17.6. The van der Waals surface area contributed by atoms with Crippen molar-refractivity contribution < 1.29 is 4.79 Å². The van der Waals surface area contributed by atoms with E-state index < -0.39 is 6.03 Å². The van der Waals surface area contributed by atoms with Gasteiger partial charge >= 0.3 is 6.03 Å². The molecule has 0 unspecified atom stereocenters. The van der Waals surface area contributed by atoms with Crippen LogP contribution in [0.1, 0.15) is 0 Å². The van der Waals surface area contributed by atoms with Gasteiger partial charge in [-0.3, -0.25) is 10.9 Å². The monoisotopic (exact) mass is 153 g/mol. The molecule has 58 valence electrons. The van der Waals surface area contributed by atoms with Crippen LogP contribution >= 0.6 is 0 Å². The van der Waals surface area contributed by atoms with Gasteiger partial charge in [-0.05, 0) is 0 Å². The summed E-state index contributed by atoms with van der Waals surface area (Å²) < 4.78 is 0. The lowest BCUT2D eigenvalue weighted by molar-refractivity contribution is 0.250. The van der Waals surface area contributed by atoms with Crippen LogP contribution in [0.5, 0.6) is 0 Å². The molecule has 0 aliphatic rings. The molecule has 11 heavy (non-hydrogen) atoms.